The van der Waals surface area contributed by atoms with Crippen LogP contribution >= 0.6 is 33.4 Å². The van der Waals surface area contributed by atoms with Crippen molar-refractivity contribution in [1.29, 1.82) is 5.26 Å². The van der Waals surface area contributed by atoms with Gasteiger partial charge in [0.1, 0.15) is 34.8 Å². The van der Waals surface area contributed by atoms with E-state index in [1.54, 1.807) is 30.3 Å². The number of nitrogens with one attached hydrogen (secondary N) is 1. The van der Waals surface area contributed by atoms with Crippen molar-refractivity contribution in [3.05, 3.63) is 63.3 Å². The standard InChI is InChI=1S/C23H17Cl2F5N4O5S/c1-38-13-4-2-12(3-5-13)11-39-22(37)32-20-18(23(6-7-23)21(35)36)17(10-31)33-34(20)19-15(24)8-14(9-16(19)25)40(26,27,28,29)30/h2-5,8-9H,6-7,11H2,1H3,(H,32,37)(H,35,36). The van der Waals surface area contributed by atoms with Gasteiger partial charge in [0.2, 0.25) is 0 Å². The molecule has 4 rings (SSSR count). The van der Waals surface area contributed by atoms with Crippen LogP contribution in [0.3, 0.4) is 0 Å². The van der Waals surface area contributed by atoms with Gasteiger partial charge in [0.05, 0.1) is 28.1 Å². The minimum absolute atomic E-state index is 0.0307. The van der Waals surface area contributed by atoms with Crippen LogP contribution in [0.4, 0.5) is 30.0 Å². The lowest BCUT2D eigenvalue weighted by Gasteiger charge is -2.40. The Kier molecular flexibility index (Phi) is 6.69. The van der Waals surface area contributed by atoms with Crippen LogP contribution in [0.25, 0.3) is 5.69 Å². The van der Waals surface area contributed by atoms with Gasteiger partial charge < -0.3 is 14.6 Å². The maximum absolute atomic E-state index is 13.4. The number of carbonyl (C=O) groups excluding carboxylic acids is 1. The number of rotatable bonds is 8. The van der Waals surface area contributed by atoms with Gasteiger partial charge in [0.25, 0.3) is 0 Å². The molecule has 1 aliphatic rings. The highest BCUT2D eigenvalue weighted by molar-refractivity contribution is 8.45. The molecule has 9 nitrogen and oxygen atoms in total. The van der Waals surface area contributed by atoms with Crippen molar-refractivity contribution in [2.45, 2.75) is 29.8 Å². The number of carbonyl (C=O) groups is 2. The van der Waals surface area contributed by atoms with E-state index < -0.39 is 59.8 Å². The number of aliphatic carboxylic acids is 1. The number of amides is 1. The number of nitriles is 1. The molecule has 1 heterocycles. The lowest BCUT2D eigenvalue weighted by Crippen LogP contribution is -2.24. The Bertz CT molecular complexity index is 1560. The van der Waals surface area contributed by atoms with Gasteiger partial charge in [0, 0.05) is 0 Å². The molecule has 2 N–H and O–H groups in total. The molecule has 214 valence electrons. The summed E-state index contributed by atoms with van der Waals surface area (Å²) in [6, 6.07) is 7.92. The van der Waals surface area contributed by atoms with Crippen LogP contribution in [-0.2, 0) is 21.6 Å². The van der Waals surface area contributed by atoms with Crippen LogP contribution in [0.2, 0.25) is 10.0 Å². The number of nitrogens with zero attached hydrogens (tertiary/aromatic N) is 3. The molecule has 1 fully saturated rings. The quantitative estimate of drug-likeness (QED) is 0.247. The Morgan fingerprint density at radius 1 is 1.15 bits per heavy atom. The molecule has 3 aromatic rings. The predicted molar refractivity (Wildman–Crippen MR) is 135 cm³/mol. The summed E-state index contributed by atoms with van der Waals surface area (Å²) in [7, 11) is -8.75. The van der Waals surface area contributed by atoms with Crippen molar-refractivity contribution in [2.75, 3.05) is 12.4 Å². The van der Waals surface area contributed by atoms with E-state index in [4.69, 9.17) is 32.7 Å². The summed E-state index contributed by atoms with van der Waals surface area (Å²) in [5, 5.41) is 23.8. The molecule has 0 bridgehead atoms. The van der Waals surface area contributed by atoms with Crippen LogP contribution < -0.4 is 10.1 Å². The highest BCUT2D eigenvalue weighted by Crippen LogP contribution is 3.02. The number of methoxy groups -OCH3 is 1. The molecule has 40 heavy (non-hydrogen) atoms. The SMILES string of the molecule is COc1ccc(COC(=O)Nc2c(C3(C(=O)O)CC3)c(C#N)nn2-c2c(Cl)cc(S(F)(F)(F)(F)F)cc2Cl)cc1. The van der Waals surface area contributed by atoms with Crippen molar-refractivity contribution in [3.8, 4) is 17.5 Å². The van der Waals surface area contributed by atoms with E-state index in [2.05, 4.69) is 10.4 Å². The Balaban J connectivity index is 1.80. The zero-order valence-electron chi connectivity index (χ0n) is 20.1. The van der Waals surface area contributed by atoms with Gasteiger partial charge in [0.15, 0.2) is 5.69 Å². The first-order valence-corrected chi connectivity index (χ1v) is 13.7. The predicted octanol–water partition coefficient (Wildman–Crippen LogP) is 7.58. The third kappa shape index (κ3) is 5.60. The first-order chi connectivity index (χ1) is 18.4. The largest absolute Gasteiger partial charge is 0.497 e. The molecular formula is C23H17Cl2F5N4O5S. The molecule has 2 aromatic carbocycles. The molecule has 0 unspecified atom stereocenters. The number of ether oxygens (including phenoxy) is 2. The Morgan fingerprint density at radius 2 is 1.73 bits per heavy atom. The minimum atomic E-state index is -10.2. The van der Waals surface area contributed by atoms with E-state index in [0.717, 1.165) is 0 Å². The Hall–Kier alpha value is -3.74. The second-order valence-corrected chi connectivity index (χ2v) is 12.0. The highest BCUT2D eigenvalue weighted by atomic mass is 35.5. The summed E-state index contributed by atoms with van der Waals surface area (Å²) in [5.74, 6) is -1.33. The van der Waals surface area contributed by atoms with Gasteiger partial charge in [-0.3, -0.25) is 10.1 Å². The van der Waals surface area contributed by atoms with Gasteiger partial charge >= 0.3 is 22.3 Å². The summed E-state index contributed by atoms with van der Waals surface area (Å²) >= 11 is 11.9. The molecule has 1 aliphatic carbocycles. The van der Waals surface area contributed by atoms with E-state index in [9.17, 15) is 39.4 Å². The summed E-state index contributed by atoms with van der Waals surface area (Å²) in [5.41, 5.74) is -2.57. The zero-order chi connectivity index (χ0) is 29.7. The van der Waals surface area contributed by atoms with Crippen LogP contribution in [-0.4, -0.2) is 34.1 Å². The van der Waals surface area contributed by atoms with E-state index in [0.29, 0.717) is 16.0 Å². The number of aromatic nitrogens is 2. The number of halogens is 7. The third-order valence-electron chi connectivity index (χ3n) is 6.03. The molecule has 0 radical (unpaired) electrons. The Morgan fingerprint density at radius 3 is 2.17 bits per heavy atom. The van der Waals surface area contributed by atoms with Crippen LogP contribution in [0, 0.1) is 11.3 Å². The van der Waals surface area contributed by atoms with Gasteiger partial charge in [-0.25, -0.2) is 9.48 Å². The lowest BCUT2D eigenvalue weighted by molar-refractivity contribution is -0.140. The van der Waals surface area contributed by atoms with Gasteiger partial charge in [-0.05, 0) is 42.7 Å². The van der Waals surface area contributed by atoms with Crippen LogP contribution in [0.5, 0.6) is 5.75 Å². The molecule has 0 spiro atoms. The molecule has 1 aromatic heterocycles. The van der Waals surface area contributed by atoms with Crippen LogP contribution in [0.1, 0.15) is 29.7 Å². The van der Waals surface area contributed by atoms with Crippen molar-refractivity contribution in [1.82, 2.24) is 9.78 Å². The number of anilines is 1. The molecular weight excluding hydrogens is 610 g/mol. The molecule has 0 saturated heterocycles. The van der Waals surface area contributed by atoms with Crippen LogP contribution in [0.15, 0.2) is 41.3 Å². The fourth-order valence-corrected chi connectivity index (χ4v) is 5.35. The molecule has 0 atom stereocenters. The van der Waals surface area contributed by atoms with E-state index in [-0.39, 0.29) is 37.1 Å². The average Bonchev–Trinajstić information content (AvgIpc) is 3.59. The number of hydrogen-bond acceptors (Lipinski definition) is 6. The second-order valence-electron chi connectivity index (χ2n) is 8.74. The van der Waals surface area contributed by atoms with Gasteiger partial charge in [-0.15, -0.1) is 0 Å². The summed E-state index contributed by atoms with van der Waals surface area (Å²) in [6.45, 7) is -0.269. The molecule has 17 heteroatoms. The highest BCUT2D eigenvalue weighted by Gasteiger charge is 2.65. The first kappa shape index (κ1) is 29.2. The fraction of sp³-hybridized carbons (Fsp3) is 0.217. The number of benzene rings is 2. The molecule has 0 aliphatic heterocycles. The maximum atomic E-state index is 13.4. The summed E-state index contributed by atoms with van der Waals surface area (Å²) < 4.78 is 77.9. The van der Waals surface area contributed by atoms with E-state index in [1.807, 2.05) is 0 Å². The fourth-order valence-electron chi connectivity index (χ4n) is 3.89. The lowest BCUT2D eigenvalue weighted by atomic mass is 9.95. The number of carboxylic acid groups (broad SMARTS) is 1. The van der Waals surface area contributed by atoms with E-state index in [1.165, 1.54) is 7.11 Å². The minimum Gasteiger partial charge on any atom is -0.497 e. The van der Waals surface area contributed by atoms with Gasteiger partial charge in [-0.2, -0.15) is 10.4 Å². The van der Waals surface area contributed by atoms with Crippen molar-refractivity contribution < 1.29 is 43.6 Å². The first-order valence-electron chi connectivity index (χ1n) is 11.0. The smallest absolute Gasteiger partial charge is 0.413 e. The average molecular weight is 627 g/mol. The third-order valence-corrected chi connectivity index (χ3v) is 7.73. The van der Waals surface area contributed by atoms with Crippen molar-refractivity contribution in [2.24, 2.45) is 0 Å². The van der Waals surface area contributed by atoms with Crippen molar-refractivity contribution in [3.63, 3.8) is 0 Å². The maximum Gasteiger partial charge on any atom is 0.413 e. The summed E-state index contributed by atoms with van der Waals surface area (Å²) in [6.07, 6.45) is -1.11. The van der Waals surface area contributed by atoms with Crippen molar-refractivity contribution >= 4 is 51.3 Å². The monoisotopic (exact) mass is 626 g/mol. The zero-order valence-corrected chi connectivity index (χ0v) is 22.4. The van der Waals surface area contributed by atoms with E-state index >= 15 is 0 Å². The number of hydrogen-bond donors (Lipinski definition) is 2. The number of carboxylic acids is 1. The van der Waals surface area contributed by atoms with Gasteiger partial charge in [-0.1, -0.05) is 54.8 Å². The summed E-state index contributed by atoms with van der Waals surface area (Å²) in [4.78, 5) is 22.5. The second kappa shape index (κ2) is 9.15. The molecule has 1 amide bonds. The molecule has 1 saturated carbocycles. The Labute approximate surface area is 232 Å². The normalized spacial score (nSPS) is 15.8. The topological polar surface area (TPSA) is 126 Å².